The molecule has 1 N–H and O–H groups in total. The van der Waals surface area contributed by atoms with E-state index in [0.29, 0.717) is 17.3 Å². The Hall–Kier alpha value is -0.990. The third-order valence-electron chi connectivity index (χ3n) is 3.75. The molecule has 8 heteroatoms. The molecule has 1 aromatic rings. The third kappa shape index (κ3) is 2.84. The van der Waals surface area contributed by atoms with Crippen molar-refractivity contribution in [3.63, 3.8) is 0 Å². The molecule has 0 saturated carbocycles. The lowest BCUT2D eigenvalue weighted by Gasteiger charge is -2.40. The van der Waals surface area contributed by atoms with Crippen molar-refractivity contribution in [1.82, 2.24) is 4.31 Å². The average molecular weight is 380 g/mol. The Bertz CT molecular complexity index is 679. The maximum Gasteiger partial charge on any atom is 0.324 e. The van der Waals surface area contributed by atoms with E-state index in [1.54, 1.807) is 0 Å². The van der Waals surface area contributed by atoms with Gasteiger partial charge in [0.1, 0.15) is 16.3 Å². The molecule has 1 aliphatic heterocycles. The number of halogens is 2. The van der Waals surface area contributed by atoms with Gasteiger partial charge in [-0.25, -0.2) is 12.8 Å². The van der Waals surface area contributed by atoms with Gasteiger partial charge in [-0.1, -0.05) is 15.9 Å². The largest absolute Gasteiger partial charge is 0.480 e. The van der Waals surface area contributed by atoms with Gasteiger partial charge in [-0.2, -0.15) is 4.31 Å². The Labute approximate surface area is 130 Å². The van der Waals surface area contributed by atoms with Crippen molar-refractivity contribution in [3.8, 4) is 0 Å². The summed E-state index contributed by atoms with van der Waals surface area (Å²) in [5.41, 5.74) is -1.55. The van der Waals surface area contributed by atoms with E-state index in [-0.39, 0.29) is 13.0 Å². The summed E-state index contributed by atoms with van der Waals surface area (Å²) in [6.07, 6.45) is 1.39. The Morgan fingerprint density at radius 2 is 2.10 bits per heavy atom. The molecule has 5 nitrogen and oxygen atoms in total. The zero-order chi connectivity index (χ0) is 15.8. The highest BCUT2D eigenvalue weighted by Crippen LogP contribution is 2.34. The van der Waals surface area contributed by atoms with Crippen molar-refractivity contribution in [2.24, 2.45) is 0 Å². The van der Waals surface area contributed by atoms with Crippen LogP contribution < -0.4 is 0 Å². The lowest BCUT2D eigenvalue weighted by molar-refractivity contribution is -0.149. The maximum atomic E-state index is 14.0. The van der Waals surface area contributed by atoms with Crippen LogP contribution in [0.15, 0.2) is 27.6 Å². The molecule has 116 valence electrons. The molecule has 1 heterocycles. The standard InChI is InChI=1S/C13H15BrFNO4S/c1-13(12(17)18)6-2-3-7-16(13)21(19,20)11-5-4-9(14)8-10(11)15/h4-5,8H,2-3,6-7H2,1H3,(H,17,18). The fraction of sp³-hybridized carbons (Fsp3) is 0.462. The summed E-state index contributed by atoms with van der Waals surface area (Å²) in [4.78, 5) is 11.0. The highest BCUT2D eigenvalue weighted by molar-refractivity contribution is 9.10. The predicted octanol–water partition coefficient (Wildman–Crippen LogP) is 2.61. The van der Waals surface area contributed by atoms with E-state index in [4.69, 9.17) is 0 Å². The van der Waals surface area contributed by atoms with Crippen molar-refractivity contribution in [2.75, 3.05) is 6.54 Å². The van der Waals surface area contributed by atoms with Crippen LogP contribution in [0.5, 0.6) is 0 Å². The normalized spacial score (nSPS) is 24.0. The summed E-state index contributed by atoms with van der Waals surface area (Å²) in [5, 5.41) is 9.38. The maximum absolute atomic E-state index is 14.0. The predicted molar refractivity (Wildman–Crippen MR) is 77.9 cm³/mol. The number of benzene rings is 1. The SMILES string of the molecule is CC1(C(=O)O)CCCCN1S(=O)(=O)c1ccc(Br)cc1F. The van der Waals surface area contributed by atoms with E-state index in [9.17, 15) is 22.7 Å². The topological polar surface area (TPSA) is 74.7 Å². The van der Waals surface area contributed by atoms with Crippen LogP contribution in [-0.4, -0.2) is 35.9 Å². The van der Waals surface area contributed by atoms with Crippen LogP contribution in [0.3, 0.4) is 0 Å². The summed E-state index contributed by atoms with van der Waals surface area (Å²) in [7, 11) is -4.21. The highest BCUT2D eigenvalue weighted by atomic mass is 79.9. The zero-order valence-corrected chi connectivity index (χ0v) is 13.7. The first kappa shape index (κ1) is 16.4. The van der Waals surface area contributed by atoms with Crippen molar-refractivity contribution in [3.05, 3.63) is 28.5 Å². The molecule has 21 heavy (non-hydrogen) atoms. The van der Waals surface area contributed by atoms with Crippen LogP contribution in [0.4, 0.5) is 4.39 Å². The number of hydrogen-bond donors (Lipinski definition) is 1. The number of sulfonamides is 1. The van der Waals surface area contributed by atoms with Crippen LogP contribution in [0.1, 0.15) is 26.2 Å². The number of rotatable bonds is 3. The second-order valence-corrected chi connectivity index (χ2v) is 7.93. The number of aliphatic carboxylic acids is 1. The molecule has 0 radical (unpaired) electrons. The quantitative estimate of drug-likeness (QED) is 0.875. The fourth-order valence-electron chi connectivity index (χ4n) is 2.50. The number of carboxylic acid groups (broad SMARTS) is 1. The molecule has 0 amide bonds. The summed E-state index contributed by atoms with van der Waals surface area (Å²) < 4.78 is 40.6. The second kappa shape index (κ2) is 5.66. The molecule has 1 saturated heterocycles. The van der Waals surface area contributed by atoms with E-state index in [1.807, 2.05) is 0 Å². The Morgan fingerprint density at radius 1 is 1.43 bits per heavy atom. The van der Waals surface area contributed by atoms with Crippen molar-refractivity contribution in [2.45, 2.75) is 36.6 Å². The second-order valence-electron chi connectivity index (χ2n) is 5.19. The first-order valence-corrected chi connectivity index (χ1v) is 8.64. The zero-order valence-electron chi connectivity index (χ0n) is 11.3. The summed E-state index contributed by atoms with van der Waals surface area (Å²) in [6, 6.07) is 3.61. The Morgan fingerprint density at radius 3 is 2.67 bits per heavy atom. The minimum absolute atomic E-state index is 0.0701. The van der Waals surface area contributed by atoms with Crippen LogP contribution in [0, 0.1) is 5.82 Å². The van der Waals surface area contributed by atoms with Gasteiger partial charge in [0.2, 0.25) is 10.0 Å². The number of hydrogen-bond acceptors (Lipinski definition) is 3. The number of carboxylic acids is 1. The minimum Gasteiger partial charge on any atom is -0.480 e. The lowest BCUT2D eigenvalue weighted by atomic mass is 9.91. The molecule has 0 aromatic heterocycles. The average Bonchev–Trinajstić information content (AvgIpc) is 2.38. The fourth-order valence-corrected chi connectivity index (χ4v) is 4.68. The molecular weight excluding hydrogens is 365 g/mol. The first-order chi connectivity index (χ1) is 9.69. The van der Waals surface area contributed by atoms with Crippen molar-refractivity contribution >= 4 is 31.9 Å². The first-order valence-electron chi connectivity index (χ1n) is 6.41. The van der Waals surface area contributed by atoms with Gasteiger partial charge < -0.3 is 5.11 Å². The smallest absolute Gasteiger partial charge is 0.324 e. The van der Waals surface area contributed by atoms with Gasteiger partial charge in [-0.3, -0.25) is 4.79 Å². The van der Waals surface area contributed by atoms with Crippen LogP contribution in [0.25, 0.3) is 0 Å². The van der Waals surface area contributed by atoms with Gasteiger partial charge in [0.05, 0.1) is 0 Å². The summed E-state index contributed by atoms with van der Waals surface area (Å²) in [5.74, 6) is -2.12. The number of carbonyl (C=O) groups is 1. The molecule has 2 rings (SSSR count). The number of nitrogens with zero attached hydrogens (tertiary/aromatic N) is 1. The summed E-state index contributed by atoms with van der Waals surface area (Å²) >= 11 is 3.06. The van der Waals surface area contributed by atoms with Gasteiger partial charge in [0.25, 0.3) is 0 Å². The van der Waals surface area contributed by atoms with Gasteiger partial charge in [0.15, 0.2) is 0 Å². The van der Waals surface area contributed by atoms with E-state index in [2.05, 4.69) is 15.9 Å². The van der Waals surface area contributed by atoms with E-state index >= 15 is 0 Å². The lowest BCUT2D eigenvalue weighted by Crippen LogP contribution is -2.57. The molecule has 1 fully saturated rings. The molecule has 0 aliphatic carbocycles. The van der Waals surface area contributed by atoms with Crippen LogP contribution in [0.2, 0.25) is 0 Å². The van der Waals surface area contributed by atoms with Crippen molar-refractivity contribution < 1.29 is 22.7 Å². The molecular formula is C13H15BrFNO4S. The minimum atomic E-state index is -4.21. The molecule has 1 aromatic carbocycles. The third-order valence-corrected chi connectivity index (χ3v) is 6.29. The van der Waals surface area contributed by atoms with Crippen molar-refractivity contribution in [1.29, 1.82) is 0 Å². The van der Waals surface area contributed by atoms with Gasteiger partial charge in [0, 0.05) is 11.0 Å². The Kier molecular flexibility index (Phi) is 4.41. The van der Waals surface area contributed by atoms with Gasteiger partial charge in [-0.05, 0) is 44.4 Å². The van der Waals surface area contributed by atoms with Gasteiger partial charge in [-0.15, -0.1) is 0 Å². The number of piperidine rings is 1. The van der Waals surface area contributed by atoms with E-state index in [1.165, 1.54) is 13.0 Å². The highest BCUT2D eigenvalue weighted by Gasteiger charge is 2.48. The summed E-state index contributed by atoms with van der Waals surface area (Å²) in [6.45, 7) is 1.43. The Balaban J connectivity index is 2.53. The van der Waals surface area contributed by atoms with E-state index in [0.717, 1.165) is 16.4 Å². The monoisotopic (exact) mass is 379 g/mol. The molecule has 0 bridgehead atoms. The molecule has 1 atom stereocenters. The van der Waals surface area contributed by atoms with Gasteiger partial charge >= 0.3 is 5.97 Å². The molecule has 0 spiro atoms. The van der Waals surface area contributed by atoms with E-state index < -0.39 is 32.2 Å². The molecule has 1 unspecified atom stereocenters. The van der Waals surface area contributed by atoms with Crippen LogP contribution >= 0.6 is 15.9 Å². The molecule has 1 aliphatic rings. The van der Waals surface area contributed by atoms with Crippen LogP contribution in [-0.2, 0) is 14.8 Å².